The van der Waals surface area contributed by atoms with Crippen LogP contribution in [0.15, 0.2) is 11.6 Å². The van der Waals surface area contributed by atoms with Gasteiger partial charge in [0.1, 0.15) is 6.29 Å². The summed E-state index contributed by atoms with van der Waals surface area (Å²) in [6.45, 7) is 1.78. The average molecular weight is 182 g/mol. The van der Waals surface area contributed by atoms with Gasteiger partial charge in [0.2, 0.25) is 0 Å². The van der Waals surface area contributed by atoms with Crippen molar-refractivity contribution in [2.24, 2.45) is 0 Å². The van der Waals surface area contributed by atoms with E-state index < -0.39 is 5.60 Å². The van der Waals surface area contributed by atoms with Crippen LogP contribution in [0.3, 0.4) is 0 Å². The van der Waals surface area contributed by atoms with Crippen LogP contribution in [0, 0.1) is 0 Å². The van der Waals surface area contributed by atoms with Crippen LogP contribution in [-0.4, -0.2) is 17.0 Å². The minimum absolute atomic E-state index is 0.525. The standard InChI is InChI=1S/C11H18O2/c1-10(9-12)5-8-11(13)6-3-2-4-7-11/h5,9,13H,2-4,6-8H2,1H3/b10-5+. The molecule has 0 aromatic carbocycles. The molecule has 0 saturated heterocycles. The third-order valence-corrected chi connectivity index (χ3v) is 2.77. The van der Waals surface area contributed by atoms with Crippen LogP contribution < -0.4 is 0 Å². The van der Waals surface area contributed by atoms with Gasteiger partial charge in [0.15, 0.2) is 0 Å². The van der Waals surface area contributed by atoms with Crippen LogP contribution >= 0.6 is 0 Å². The average Bonchev–Trinajstić information content (AvgIpc) is 2.15. The summed E-state index contributed by atoms with van der Waals surface area (Å²) in [4.78, 5) is 10.3. The molecule has 1 fully saturated rings. The number of aldehydes is 1. The Kier molecular flexibility index (Phi) is 3.67. The van der Waals surface area contributed by atoms with Gasteiger partial charge in [-0.05, 0) is 31.8 Å². The first-order chi connectivity index (χ1) is 6.16. The monoisotopic (exact) mass is 182 g/mol. The SMILES string of the molecule is C/C(C=O)=C\CC1(O)CCCCC1. The summed E-state index contributed by atoms with van der Waals surface area (Å²) in [6, 6.07) is 0. The number of hydrogen-bond donors (Lipinski definition) is 1. The van der Waals surface area contributed by atoms with E-state index in [1.54, 1.807) is 6.92 Å². The largest absolute Gasteiger partial charge is 0.390 e. The van der Waals surface area contributed by atoms with Gasteiger partial charge in [0.05, 0.1) is 5.60 Å². The molecular formula is C11H18O2. The highest BCUT2D eigenvalue weighted by molar-refractivity contribution is 5.71. The summed E-state index contributed by atoms with van der Waals surface area (Å²) in [7, 11) is 0. The van der Waals surface area contributed by atoms with Gasteiger partial charge in [0.25, 0.3) is 0 Å². The molecule has 0 aromatic heterocycles. The first-order valence-electron chi connectivity index (χ1n) is 5.01. The third-order valence-electron chi connectivity index (χ3n) is 2.77. The lowest BCUT2D eigenvalue weighted by molar-refractivity contribution is -0.104. The van der Waals surface area contributed by atoms with Gasteiger partial charge < -0.3 is 5.11 Å². The minimum atomic E-state index is -0.525. The molecule has 0 atom stereocenters. The molecular weight excluding hydrogens is 164 g/mol. The number of carbonyl (C=O) groups excluding carboxylic acids is 1. The van der Waals surface area contributed by atoms with Gasteiger partial charge in [-0.25, -0.2) is 0 Å². The highest BCUT2D eigenvalue weighted by Crippen LogP contribution is 2.31. The fourth-order valence-electron chi connectivity index (χ4n) is 1.81. The summed E-state index contributed by atoms with van der Waals surface area (Å²) in [6.07, 6.45) is 8.56. The molecule has 0 aromatic rings. The fourth-order valence-corrected chi connectivity index (χ4v) is 1.81. The van der Waals surface area contributed by atoms with E-state index in [0.29, 0.717) is 6.42 Å². The lowest BCUT2D eigenvalue weighted by Gasteiger charge is -2.31. The molecule has 0 bridgehead atoms. The smallest absolute Gasteiger partial charge is 0.145 e. The Bertz CT molecular complexity index is 200. The van der Waals surface area contributed by atoms with Crippen molar-refractivity contribution in [3.05, 3.63) is 11.6 Å². The Hall–Kier alpha value is -0.630. The van der Waals surface area contributed by atoms with Crippen molar-refractivity contribution in [3.63, 3.8) is 0 Å². The highest BCUT2D eigenvalue weighted by Gasteiger charge is 2.27. The van der Waals surface area contributed by atoms with E-state index in [4.69, 9.17) is 0 Å². The van der Waals surface area contributed by atoms with Crippen molar-refractivity contribution in [2.75, 3.05) is 0 Å². The molecule has 2 heteroatoms. The first-order valence-corrected chi connectivity index (χ1v) is 5.01. The van der Waals surface area contributed by atoms with Gasteiger partial charge >= 0.3 is 0 Å². The van der Waals surface area contributed by atoms with Crippen LogP contribution in [0.5, 0.6) is 0 Å². The third kappa shape index (κ3) is 3.31. The van der Waals surface area contributed by atoms with Gasteiger partial charge in [-0.1, -0.05) is 25.3 Å². The molecule has 1 aliphatic carbocycles. The molecule has 0 heterocycles. The number of carbonyl (C=O) groups is 1. The van der Waals surface area contributed by atoms with Gasteiger partial charge in [-0.15, -0.1) is 0 Å². The Morgan fingerprint density at radius 2 is 2.00 bits per heavy atom. The molecule has 13 heavy (non-hydrogen) atoms. The van der Waals surface area contributed by atoms with Crippen LogP contribution in [0.25, 0.3) is 0 Å². The highest BCUT2D eigenvalue weighted by atomic mass is 16.3. The van der Waals surface area contributed by atoms with Crippen molar-refractivity contribution in [1.82, 2.24) is 0 Å². The van der Waals surface area contributed by atoms with E-state index in [0.717, 1.165) is 37.5 Å². The zero-order valence-electron chi connectivity index (χ0n) is 8.25. The Balaban J connectivity index is 2.45. The van der Waals surface area contributed by atoms with Gasteiger partial charge in [-0.2, -0.15) is 0 Å². The number of hydrogen-bond acceptors (Lipinski definition) is 2. The molecule has 0 unspecified atom stereocenters. The van der Waals surface area contributed by atoms with E-state index in [1.807, 2.05) is 6.08 Å². The normalized spacial score (nSPS) is 22.8. The molecule has 0 amide bonds. The number of allylic oxidation sites excluding steroid dienone is 1. The van der Waals surface area contributed by atoms with Crippen LogP contribution in [0.4, 0.5) is 0 Å². The molecule has 0 radical (unpaired) electrons. The molecule has 1 rings (SSSR count). The maximum absolute atomic E-state index is 10.3. The maximum atomic E-state index is 10.3. The van der Waals surface area contributed by atoms with E-state index in [1.165, 1.54) is 6.42 Å². The Morgan fingerprint density at radius 3 is 2.54 bits per heavy atom. The molecule has 1 aliphatic rings. The lowest BCUT2D eigenvalue weighted by atomic mass is 9.82. The Morgan fingerprint density at radius 1 is 1.38 bits per heavy atom. The summed E-state index contributed by atoms with van der Waals surface area (Å²) < 4.78 is 0. The van der Waals surface area contributed by atoms with E-state index in [-0.39, 0.29) is 0 Å². The Labute approximate surface area is 79.6 Å². The zero-order valence-corrected chi connectivity index (χ0v) is 8.25. The topological polar surface area (TPSA) is 37.3 Å². The van der Waals surface area contributed by atoms with Crippen LogP contribution in [-0.2, 0) is 4.79 Å². The van der Waals surface area contributed by atoms with Crippen molar-refractivity contribution in [2.45, 2.75) is 51.0 Å². The van der Waals surface area contributed by atoms with Crippen LogP contribution in [0.1, 0.15) is 45.4 Å². The number of aliphatic hydroxyl groups is 1. The second-order valence-electron chi connectivity index (χ2n) is 4.06. The molecule has 0 aliphatic heterocycles. The summed E-state index contributed by atoms with van der Waals surface area (Å²) in [5.41, 5.74) is 0.196. The quantitative estimate of drug-likeness (QED) is 0.536. The molecule has 2 nitrogen and oxygen atoms in total. The molecule has 0 spiro atoms. The van der Waals surface area contributed by atoms with E-state index in [9.17, 15) is 9.90 Å². The summed E-state index contributed by atoms with van der Waals surface area (Å²) >= 11 is 0. The van der Waals surface area contributed by atoms with E-state index >= 15 is 0 Å². The molecule has 74 valence electrons. The summed E-state index contributed by atoms with van der Waals surface area (Å²) in [5.74, 6) is 0. The van der Waals surface area contributed by atoms with Crippen LogP contribution in [0.2, 0.25) is 0 Å². The van der Waals surface area contributed by atoms with Crippen molar-refractivity contribution in [3.8, 4) is 0 Å². The predicted molar refractivity (Wildman–Crippen MR) is 52.5 cm³/mol. The number of rotatable bonds is 3. The zero-order chi connectivity index (χ0) is 9.73. The molecule has 1 saturated carbocycles. The second kappa shape index (κ2) is 4.56. The lowest BCUT2D eigenvalue weighted by Crippen LogP contribution is -2.30. The van der Waals surface area contributed by atoms with Gasteiger partial charge in [-0.3, -0.25) is 4.79 Å². The van der Waals surface area contributed by atoms with Crippen molar-refractivity contribution >= 4 is 6.29 Å². The first kappa shape index (κ1) is 10.5. The maximum Gasteiger partial charge on any atom is 0.145 e. The second-order valence-corrected chi connectivity index (χ2v) is 4.06. The van der Waals surface area contributed by atoms with Crippen molar-refractivity contribution < 1.29 is 9.90 Å². The predicted octanol–water partition coefficient (Wildman–Crippen LogP) is 2.22. The summed E-state index contributed by atoms with van der Waals surface area (Å²) in [5, 5.41) is 10.1. The van der Waals surface area contributed by atoms with Crippen molar-refractivity contribution in [1.29, 1.82) is 0 Å². The minimum Gasteiger partial charge on any atom is -0.390 e. The fraction of sp³-hybridized carbons (Fsp3) is 0.727. The molecule has 1 N–H and O–H groups in total. The van der Waals surface area contributed by atoms with E-state index in [2.05, 4.69) is 0 Å². The van der Waals surface area contributed by atoms with Gasteiger partial charge in [0, 0.05) is 0 Å².